The van der Waals surface area contributed by atoms with E-state index in [0.717, 1.165) is 12.4 Å². The van der Waals surface area contributed by atoms with E-state index >= 15 is 0 Å². The first kappa shape index (κ1) is 9.00. The molecule has 2 bridgehead atoms. The summed E-state index contributed by atoms with van der Waals surface area (Å²) in [5.41, 5.74) is 0. The van der Waals surface area contributed by atoms with Crippen LogP contribution in [0.3, 0.4) is 0 Å². The molecule has 0 aromatic rings. The molecule has 2 aliphatic heterocycles. The monoisotopic (exact) mass is 181 g/mol. The molecular weight excluding hydrogens is 162 g/mol. The van der Waals surface area contributed by atoms with Crippen molar-refractivity contribution in [2.75, 3.05) is 20.1 Å². The van der Waals surface area contributed by atoms with Crippen LogP contribution in [0.15, 0.2) is 0 Å². The van der Waals surface area contributed by atoms with E-state index in [4.69, 9.17) is 5.41 Å². The van der Waals surface area contributed by atoms with E-state index in [9.17, 15) is 0 Å². The fraction of sp³-hybridized carbons (Fsp3) is 0.900. The second-order valence-electron chi connectivity index (χ2n) is 4.43. The van der Waals surface area contributed by atoms with Crippen molar-refractivity contribution >= 4 is 5.84 Å². The highest BCUT2D eigenvalue weighted by molar-refractivity contribution is 5.77. The third-order valence-electron chi connectivity index (χ3n) is 3.37. The quantitative estimate of drug-likeness (QED) is 0.449. The minimum absolute atomic E-state index is 0.620. The maximum atomic E-state index is 7.76. The lowest BCUT2D eigenvalue weighted by Crippen LogP contribution is -2.41. The third-order valence-corrected chi connectivity index (χ3v) is 3.37. The topological polar surface area (TPSA) is 30.3 Å². The number of amidine groups is 1. The second kappa shape index (κ2) is 3.29. The first-order chi connectivity index (χ1) is 6.18. The summed E-state index contributed by atoms with van der Waals surface area (Å²) >= 11 is 0. The Bertz CT molecular complexity index is 214. The lowest BCUT2D eigenvalue weighted by molar-refractivity contribution is 0.283. The number of hydrogen-bond acceptors (Lipinski definition) is 2. The van der Waals surface area contributed by atoms with Crippen molar-refractivity contribution in [2.45, 2.75) is 38.3 Å². The van der Waals surface area contributed by atoms with Gasteiger partial charge in [0.25, 0.3) is 0 Å². The Balaban J connectivity index is 2.15. The number of rotatable bonds is 0. The van der Waals surface area contributed by atoms with Crippen molar-refractivity contribution in [3.63, 3.8) is 0 Å². The van der Waals surface area contributed by atoms with Gasteiger partial charge in [0, 0.05) is 18.6 Å². The van der Waals surface area contributed by atoms with Crippen LogP contribution in [0, 0.1) is 5.41 Å². The summed E-state index contributed by atoms with van der Waals surface area (Å²) in [6.45, 7) is 4.27. The number of nitrogens with one attached hydrogen (secondary N) is 1. The first-order valence-corrected chi connectivity index (χ1v) is 5.20. The van der Waals surface area contributed by atoms with Gasteiger partial charge in [-0.3, -0.25) is 5.41 Å². The smallest absolute Gasteiger partial charge is 0.0931 e. The van der Waals surface area contributed by atoms with Crippen LogP contribution in [-0.2, 0) is 0 Å². The van der Waals surface area contributed by atoms with E-state index in [1.54, 1.807) is 0 Å². The number of likely N-dealkylation sites (N-methyl/N-ethyl adjacent to an activating group) is 1. The molecule has 74 valence electrons. The van der Waals surface area contributed by atoms with Gasteiger partial charge >= 0.3 is 0 Å². The summed E-state index contributed by atoms with van der Waals surface area (Å²) < 4.78 is 0. The molecule has 0 amide bonds. The van der Waals surface area contributed by atoms with E-state index in [1.807, 2.05) is 6.92 Å². The summed E-state index contributed by atoms with van der Waals surface area (Å²) in [5, 5.41) is 7.76. The summed E-state index contributed by atoms with van der Waals surface area (Å²) in [4.78, 5) is 4.74. The third kappa shape index (κ3) is 1.57. The molecule has 0 aliphatic carbocycles. The predicted octanol–water partition coefficient (Wildman–Crippen LogP) is 1.15. The lowest BCUT2D eigenvalue weighted by Gasteiger charge is -2.29. The lowest BCUT2D eigenvalue weighted by atomic mass is 10.1. The highest BCUT2D eigenvalue weighted by Gasteiger charge is 2.36. The largest absolute Gasteiger partial charge is 0.353 e. The average Bonchev–Trinajstić information content (AvgIpc) is 2.34. The van der Waals surface area contributed by atoms with Crippen LogP contribution in [-0.4, -0.2) is 47.9 Å². The van der Waals surface area contributed by atoms with Crippen molar-refractivity contribution < 1.29 is 0 Å². The fourth-order valence-corrected chi connectivity index (χ4v) is 2.79. The van der Waals surface area contributed by atoms with Crippen LogP contribution >= 0.6 is 0 Å². The van der Waals surface area contributed by atoms with Crippen molar-refractivity contribution in [3.8, 4) is 0 Å². The first-order valence-electron chi connectivity index (χ1n) is 5.20. The minimum Gasteiger partial charge on any atom is -0.353 e. The molecule has 0 saturated carbocycles. The molecule has 3 nitrogen and oxygen atoms in total. The Morgan fingerprint density at radius 3 is 2.62 bits per heavy atom. The van der Waals surface area contributed by atoms with E-state index < -0.39 is 0 Å². The highest BCUT2D eigenvalue weighted by atomic mass is 15.3. The van der Waals surface area contributed by atoms with Gasteiger partial charge in [0.2, 0.25) is 0 Å². The summed E-state index contributed by atoms with van der Waals surface area (Å²) in [6, 6.07) is 1.28. The van der Waals surface area contributed by atoms with Crippen LogP contribution in [0.2, 0.25) is 0 Å². The fourth-order valence-electron chi connectivity index (χ4n) is 2.79. The van der Waals surface area contributed by atoms with Gasteiger partial charge in [-0.25, -0.2) is 0 Å². The van der Waals surface area contributed by atoms with Gasteiger partial charge in [-0.15, -0.1) is 0 Å². The molecule has 2 fully saturated rings. The summed E-state index contributed by atoms with van der Waals surface area (Å²) in [7, 11) is 2.19. The van der Waals surface area contributed by atoms with E-state index in [0.29, 0.717) is 12.1 Å². The van der Waals surface area contributed by atoms with Crippen LogP contribution < -0.4 is 0 Å². The molecule has 13 heavy (non-hydrogen) atoms. The average molecular weight is 181 g/mol. The second-order valence-corrected chi connectivity index (χ2v) is 4.43. The number of likely N-dealkylation sites (tertiary alicyclic amines) is 1. The van der Waals surface area contributed by atoms with E-state index in [-0.39, 0.29) is 0 Å². The van der Waals surface area contributed by atoms with Crippen molar-refractivity contribution in [2.24, 2.45) is 0 Å². The van der Waals surface area contributed by atoms with Crippen molar-refractivity contribution in [1.82, 2.24) is 9.80 Å². The van der Waals surface area contributed by atoms with Gasteiger partial charge < -0.3 is 9.80 Å². The molecule has 2 atom stereocenters. The Morgan fingerprint density at radius 1 is 1.23 bits per heavy atom. The van der Waals surface area contributed by atoms with E-state index in [1.165, 1.54) is 25.8 Å². The Hall–Kier alpha value is -0.570. The Kier molecular flexibility index (Phi) is 2.28. The van der Waals surface area contributed by atoms with Crippen LogP contribution in [0.4, 0.5) is 0 Å². The zero-order valence-electron chi connectivity index (χ0n) is 8.58. The molecule has 2 rings (SSSR count). The van der Waals surface area contributed by atoms with Crippen LogP contribution in [0.5, 0.6) is 0 Å². The summed E-state index contributed by atoms with van der Waals surface area (Å²) in [5.74, 6) is 0.766. The van der Waals surface area contributed by atoms with Gasteiger partial charge in [0.05, 0.1) is 5.84 Å². The molecular formula is C10H19N3. The van der Waals surface area contributed by atoms with Crippen LogP contribution in [0.25, 0.3) is 0 Å². The minimum atomic E-state index is 0.620. The molecule has 2 unspecified atom stereocenters. The molecule has 0 aromatic carbocycles. The van der Waals surface area contributed by atoms with Crippen molar-refractivity contribution in [1.29, 1.82) is 5.41 Å². The van der Waals surface area contributed by atoms with Gasteiger partial charge in [0.1, 0.15) is 0 Å². The molecule has 2 saturated heterocycles. The van der Waals surface area contributed by atoms with Gasteiger partial charge in [-0.05, 0) is 39.8 Å². The normalized spacial score (nSPS) is 34.8. The highest BCUT2D eigenvalue weighted by Crippen LogP contribution is 2.29. The molecule has 1 N–H and O–H groups in total. The van der Waals surface area contributed by atoms with Crippen LogP contribution in [0.1, 0.15) is 26.2 Å². The maximum Gasteiger partial charge on any atom is 0.0931 e. The van der Waals surface area contributed by atoms with E-state index in [2.05, 4.69) is 16.8 Å². The zero-order valence-corrected chi connectivity index (χ0v) is 8.58. The Morgan fingerprint density at radius 2 is 1.92 bits per heavy atom. The van der Waals surface area contributed by atoms with Gasteiger partial charge in [0.15, 0.2) is 0 Å². The summed E-state index contributed by atoms with van der Waals surface area (Å²) in [6.07, 6.45) is 3.82. The molecule has 3 heteroatoms. The molecule has 2 aliphatic rings. The Labute approximate surface area is 80.2 Å². The standard InChI is InChI=1S/C10H19N3/c1-8(11)13-9-3-4-10(13)7-12(2)6-5-9/h9-11H,3-7H2,1-2H3. The predicted molar refractivity (Wildman–Crippen MR) is 54.2 cm³/mol. The molecule has 0 aromatic heterocycles. The number of fused-ring (bicyclic) bond motifs is 2. The van der Waals surface area contributed by atoms with Gasteiger partial charge in [-0.1, -0.05) is 0 Å². The molecule has 0 spiro atoms. The SMILES string of the molecule is CC(=N)N1C2CCC1CN(C)CC2. The molecule has 2 heterocycles. The maximum absolute atomic E-state index is 7.76. The van der Waals surface area contributed by atoms with Crippen molar-refractivity contribution in [3.05, 3.63) is 0 Å². The molecule has 0 radical (unpaired) electrons. The van der Waals surface area contributed by atoms with Gasteiger partial charge in [-0.2, -0.15) is 0 Å². The zero-order chi connectivity index (χ0) is 9.42. The number of nitrogens with zero attached hydrogens (tertiary/aromatic N) is 2. The number of hydrogen-bond donors (Lipinski definition) is 1.